The van der Waals surface area contributed by atoms with E-state index in [-0.39, 0.29) is 13.1 Å². The lowest BCUT2D eigenvalue weighted by Gasteiger charge is -2.40. The molecule has 0 unspecified atom stereocenters. The summed E-state index contributed by atoms with van der Waals surface area (Å²) in [6.45, 7) is 7.60. The highest BCUT2D eigenvalue weighted by Crippen LogP contribution is 2.36. The van der Waals surface area contributed by atoms with Gasteiger partial charge in [-0.25, -0.2) is 4.79 Å². The minimum atomic E-state index is -5.72. The number of piperidine rings is 1. The highest BCUT2D eigenvalue weighted by atomic mass is 19.4. The number of para-hydroxylation sites is 1. The molecule has 3 saturated heterocycles. The third-order valence-corrected chi connectivity index (χ3v) is 7.60. The van der Waals surface area contributed by atoms with E-state index in [1.807, 2.05) is 6.07 Å². The van der Waals surface area contributed by atoms with Gasteiger partial charge in [0.2, 0.25) is 0 Å². The number of ether oxygens (including phenoxy) is 1. The molecule has 0 radical (unpaired) electrons. The van der Waals surface area contributed by atoms with Gasteiger partial charge in [-0.1, -0.05) is 18.2 Å². The summed E-state index contributed by atoms with van der Waals surface area (Å²) < 4.78 is 80.3. The van der Waals surface area contributed by atoms with E-state index in [1.54, 1.807) is 0 Å². The van der Waals surface area contributed by atoms with Crippen LogP contribution in [-0.2, 0) is 11.3 Å². The molecule has 0 aliphatic carbocycles. The van der Waals surface area contributed by atoms with Crippen LogP contribution in [0.3, 0.4) is 0 Å². The van der Waals surface area contributed by atoms with E-state index in [9.17, 15) is 31.1 Å². The number of amides is 1. The second kappa shape index (κ2) is 11.3. The Morgan fingerprint density at radius 3 is 2.08 bits per heavy atom. The molecule has 3 aliphatic heterocycles. The van der Waals surface area contributed by atoms with Gasteiger partial charge in [0.25, 0.3) is 6.10 Å². The van der Waals surface area contributed by atoms with Crippen LogP contribution in [0.25, 0.3) is 0 Å². The van der Waals surface area contributed by atoms with Crippen molar-refractivity contribution in [3.05, 3.63) is 29.3 Å². The van der Waals surface area contributed by atoms with Crippen molar-refractivity contribution in [3.63, 3.8) is 0 Å². The first-order valence-electron chi connectivity index (χ1n) is 12.8. The standard InChI is InChI=1S/C25H34F6N4O2/c1-18-5-4-6-19(21(18)34-11-7-20(8-12-34)33-9-2-3-10-33)17-32-13-15-35(16-14-32)23(36)37-22(24(26,27)28)25(29,30)31/h4-6,20,22H,2-3,7-17H2,1H3. The van der Waals surface area contributed by atoms with Gasteiger partial charge in [0.1, 0.15) is 0 Å². The molecule has 37 heavy (non-hydrogen) atoms. The van der Waals surface area contributed by atoms with Crippen LogP contribution >= 0.6 is 0 Å². The summed E-state index contributed by atoms with van der Waals surface area (Å²) in [5.41, 5.74) is 3.50. The maximum Gasteiger partial charge on any atom is 0.434 e. The fourth-order valence-corrected chi connectivity index (χ4v) is 5.69. The first-order chi connectivity index (χ1) is 17.4. The van der Waals surface area contributed by atoms with Gasteiger partial charge in [0, 0.05) is 57.5 Å². The van der Waals surface area contributed by atoms with Crippen molar-refractivity contribution in [1.29, 1.82) is 0 Å². The Morgan fingerprint density at radius 2 is 1.51 bits per heavy atom. The Labute approximate surface area is 213 Å². The normalized spacial score (nSPS) is 21.2. The lowest BCUT2D eigenvalue weighted by molar-refractivity contribution is -0.308. The van der Waals surface area contributed by atoms with Gasteiger partial charge in [0.05, 0.1) is 0 Å². The molecule has 3 heterocycles. The van der Waals surface area contributed by atoms with Gasteiger partial charge in [0.15, 0.2) is 0 Å². The van der Waals surface area contributed by atoms with Crippen LogP contribution in [-0.4, -0.2) is 97.6 Å². The van der Waals surface area contributed by atoms with Gasteiger partial charge in [-0.3, -0.25) is 4.90 Å². The molecule has 3 fully saturated rings. The van der Waals surface area contributed by atoms with Crippen molar-refractivity contribution in [2.24, 2.45) is 0 Å². The number of likely N-dealkylation sites (tertiary alicyclic amines) is 1. The molecule has 0 bridgehead atoms. The molecular weight excluding hydrogens is 502 g/mol. The summed E-state index contributed by atoms with van der Waals surface area (Å²) in [6, 6.07) is 6.77. The molecule has 0 spiro atoms. The molecule has 1 aromatic rings. The smallest absolute Gasteiger partial charge is 0.426 e. The number of alkyl halides is 6. The van der Waals surface area contributed by atoms with E-state index in [4.69, 9.17) is 0 Å². The summed E-state index contributed by atoms with van der Waals surface area (Å²) in [4.78, 5) is 20.1. The van der Waals surface area contributed by atoms with E-state index < -0.39 is 24.5 Å². The first kappa shape index (κ1) is 27.8. The Balaban J connectivity index is 1.33. The summed E-state index contributed by atoms with van der Waals surface area (Å²) in [6.07, 6.45) is -12.4. The monoisotopic (exact) mass is 536 g/mol. The molecular formula is C25H34F6N4O2. The quantitative estimate of drug-likeness (QED) is 0.506. The number of carbonyl (C=O) groups is 1. The molecule has 0 atom stereocenters. The molecule has 6 nitrogen and oxygen atoms in total. The molecule has 12 heteroatoms. The number of rotatable bonds is 5. The Morgan fingerprint density at radius 1 is 0.919 bits per heavy atom. The number of benzene rings is 1. The van der Waals surface area contributed by atoms with Gasteiger partial charge in [-0.05, 0) is 56.8 Å². The zero-order valence-electron chi connectivity index (χ0n) is 21.0. The van der Waals surface area contributed by atoms with Gasteiger partial charge < -0.3 is 19.4 Å². The second-order valence-electron chi connectivity index (χ2n) is 10.2. The largest absolute Gasteiger partial charge is 0.434 e. The van der Waals surface area contributed by atoms with Crippen molar-refractivity contribution in [3.8, 4) is 0 Å². The lowest BCUT2D eigenvalue weighted by Crippen LogP contribution is -2.52. The number of nitrogens with zero attached hydrogens (tertiary/aromatic N) is 4. The number of anilines is 1. The highest BCUT2D eigenvalue weighted by molar-refractivity contribution is 5.68. The van der Waals surface area contributed by atoms with Gasteiger partial charge >= 0.3 is 18.4 Å². The fourth-order valence-electron chi connectivity index (χ4n) is 5.69. The van der Waals surface area contributed by atoms with Crippen LogP contribution in [0.15, 0.2) is 18.2 Å². The Bertz CT molecular complexity index is 905. The summed E-state index contributed by atoms with van der Waals surface area (Å²) >= 11 is 0. The predicted octanol–water partition coefficient (Wildman–Crippen LogP) is 4.81. The number of hydrogen-bond donors (Lipinski definition) is 0. The number of carbonyl (C=O) groups excluding carboxylic acids is 1. The van der Waals surface area contributed by atoms with Crippen molar-refractivity contribution in [2.45, 2.75) is 63.7 Å². The third-order valence-electron chi connectivity index (χ3n) is 7.60. The zero-order valence-corrected chi connectivity index (χ0v) is 21.0. The van der Waals surface area contributed by atoms with Crippen molar-refractivity contribution < 1.29 is 35.9 Å². The molecule has 1 aromatic carbocycles. The van der Waals surface area contributed by atoms with Gasteiger partial charge in [-0.2, -0.15) is 26.3 Å². The average molecular weight is 537 g/mol. The van der Waals surface area contributed by atoms with Crippen molar-refractivity contribution >= 4 is 11.8 Å². The predicted molar refractivity (Wildman–Crippen MR) is 126 cm³/mol. The van der Waals surface area contributed by atoms with E-state index in [1.165, 1.54) is 37.2 Å². The van der Waals surface area contributed by atoms with Crippen molar-refractivity contribution in [1.82, 2.24) is 14.7 Å². The second-order valence-corrected chi connectivity index (χ2v) is 10.2. The average Bonchev–Trinajstić information content (AvgIpc) is 3.37. The van der Waals surface area contributed by atoms with E-state index in [0.717, 1.165) is 36.4 Å². The number of piperazine rings is 1. The van der Waals surface area contributed by atoms with Crippen LogP contribution in [0.1, 0.15) is 36.8 Å². The van der Waals surface area contributed by atoms with E-state index in [0.29, 0.717) is 25.7 Å². The van der Waals surface area contributed by atoms with E-state index >= 15 is 0 Å². The molecule has 1 amide bonds. The number of aryl methyl sites for hydroxylation is 1. The van der Waals surface area contributed by atoms with Gasteiger partial charge in [-0.15, -0.1) is 0 Å². The molecule has 0 aromatic heterocycles. The summed E-state index contributed by atoms with van der Waals surface area (Å²) in [5.74, 6) is 0. The SMILES string of the molecule is Cc1cccc(CN2CCN(C(=O)OC(C(F)(F)F)C(F)(F)F)CC2)c1N1CCC(N2CCCC2)CC1. The topological polar surface area (TPSA) is 39.3 Å². The maximum atomic E-state index is 12.7. The maximum absolute atomic E-state index is 12.7. The Hall–Kier alpha value is -2.21. The molecule has 208 valence electrons. The molecule has 0 N–H and O–H groups in total. The minimum absolute atomic E-state index is 0.0103. The van der Waals surface area contributed by atoms with E-state index in [2.05, 4.69) is 38.5 Å². The Kier molecular flexibility index (Phi) is 8.47. The van der Waals surface area contributed by atoms with Crippen LogP contribution in [0, 0.1) is 6.92 Å². The molecule has 4 rings (SSSR count). The summed E-state index contributed by atoms with van der Waals surface area (Å²) in [5, 5.41) is 0. The minimum Gasteiger partial charge on any atom is -0.426 e. The zero-order chi connectivity index (χ0) is 26.8. The van der Waals surface area contributed by atoms with Crippen LogP contribution < -0.4 is 4.90 Å². The number of hydrogen-bond acceptors (Lipinski definition) is 5. The van der Waals surface area contributed by atoms with Crippen LogP contribution in [0.2, 0.25) is 0 Å². The molecule has 0 saturated carbocycles. The lowest BCUT2D eigenvalue weighted by atomic mass is 9.99. The third kappa shape index (κ3) is 6.81. The van der Waals surface area contributed by atoms with Crippen LogP contribution in [0.5, 0.6) is 0 Å². The van der Waals surface area contributed by atoms with Crippen molar-refractivity contribution in [2.75, 3.05) is 57.3 Å². The first-order valence-corrected chi connectivity index (χ1v) is 12.8. The fraction of sp³-hybridized carbons (Fsp3) is 0.720. The van der Waals surface area contributed by atoms with Crippen LogP contribution in [0.4, 0.5) is 36.8 Å². The summed E-state index contributed by atoms with van der Waals surface area (Å²) in [7, 11) is 0. The molecule has 3 aliphatic rings. The highest BCUT2D eigenvalue weighted by Gasteiger charge is 2.60. The number of halogens is 6.